The first-order valence-corrected chi connectivity index (χ1v) is 19.2. The Kier molecular flexibility index (Phi) is 10.9. The van der Waals surface area contributed by atoms with E-state index in [9.17, 15) is 19.2 Å². The van der Waals surface area contributed by atoms with E-state index in [2.05, 4.69) is 37.7 Å². The normalized spacial score (nSPS) is 18.1. The summed E-state index contributed by atoms with van der Waals surface area (Å²) in [6.45, 7) is 8.75. The summed E-state index contributed by atoms with van der Waals surface area (Å²) in [4.78, 5) is 76.1. The number of aromatic nitrogens is 5. The summed E-state index contributed by atoms with van der Waals surface area (Å²) in [6, 6.07) is 14.4. The minimum atomic E-state index is -0.703. The molecular weight excluding hydrogens is 715 g/mol. The predicted molar refractivity (Wildman–Crippen MR) is 210 cm³/mol. The molecule has 15 heteroatoms. The second kappa shape index (κ2) is 16.0. The molecule has 2 aliphatic rings. The molecule has 0 radical (unpaired) electrons. The summed E-state index contributed by atoms with van der Waals surface area (Å²) in [5, 5.41) is 6.37. The smallest absolute Gasteiger partial charge is 0.407 e. The zero-order valence-electron chi connectivity index (χ0n) is 32.6. The highest BCUT2D eigenvalue weighted by Crippen LogP contribution is 2.35. The van der Waals surface area contributed by atoms with Crippen LogP contribution in [0.2, 0.25) is 0 Å². The highest BCUT2D eigenvalue weighted by atomic mass is 16.5. The minimum Gasteiger partial charge on any atom is -0.453 e. The topological polar surface area (TPSA) is 188 Å². The quantitative estimate of drug-likeness (QED) is 0.127. The average Bonchev–Trinajstić information content (AvgIpc) is 4.03. The van der Waals surface area contributed by atoms with Crippen molar-refractivity contribution in [3.05, 3.63) is 66.4 Å². The largest absolute Gasteiger partial charge is 0.453 e. The van der Waals surface area contributed by atoms with Gasteiger partial charge in [-0.25, -0.2) is 24.5 Å². The van der Waals surface area contributed by atoms with Gasteiger partial charge >= 0.3 is 12.2 Å². The Balaban J connectivity index is 1.07. The standard InChI is InChI=1S/C41H49N9O6/c1-22(2)34(47-40(53)55-5)38(51)49-17-7-9-32(49)36-42-21-31(46-36)29-16-13-26-19-24(11-14-27(26)43-29)25-12-15-28-30(20-25)45-37(44-28)33-10-8-18-50(33)39(52)35(23(3)4)48-41(54)56-6/h11-16,19-23,32-35H,7-10,17-18H2,1-6H3,(H,42,46)(H,44,45)(H,47,53)(H,48,54). The molecular formula is C41H49N9O6. The molecule has 5 heterocycles. The molecule has 294 valence electrons. The number of carbonyl (C=O) groups is 4. The van der Waals surface area contributed by atoms with E-state index in [0.29, 0.717) is 18.9 Å². The van der Waals surface area contributed by atoms with Crippen LogP contribution in [0.4, 0.5) is 9.59 Å². The Morgan fingerprint density at radius 2 is 1.29 bits per heavy atom. The Hall–Kier alpha value is -5.99. The first-order valence-electron chi connectivity index (χ1n) is 19.2. The molecule has 2 fully saturated rings. The highest BCUT2D eigenvalue weighted by molar-refractivity contribution is 5.90. The predicted octanol–water partition coefficient (Wildman–Crippen LogP) is 6.26. The zero-order valence-corrected chi connectivity index (χ0v) is 32.6. The van der Waals surface area contributed by atoms with Gasteiger partial charge in [0.05, 0.1) is 60.4 Å². The Labute approximate surface area is 324 Å². The molecule has 2 aliphatic heterocycles. The molecule has 4 N–H and O–H groups in total. The number of rotatable bonds is 10. The number of likely N-dealkylation sites (tertiary alicyclic amines) is 2. The maximum Gasteiger partial charge on any atom is 0.407 e. The van der Waals surface area contributed by atoms with Gasteiger partial charge < -0.3 is 39.9 Å². The average molecular weight is 764 g/mol. The van der Waals surface area contributed by atoms with Gasteiger partial charge in [0, 0.05) is 18.5 Å². The third kappa shape index (κ3) is 7.62. The van der Waals surface area contributed by atoms with E-state index in [0.717, 1.165) is 76.0 Å². The van der Waals surface area contributed by atoms with E-state index < -0.39 is 24.3 Å². The molecule has 56 heavy (non-hydrogen) atoms. The lowest BCUT2D eigenvalue weighted by Gasteiger charge is -2.30. The number of benzene rings is 2. The van der Waals surface area contributed by atoms with E-state index in [4.69, 9.17) is 19.4 Å². The van der Waals surface area contributed by atoms with Crippen LogP contribution in [0.5, 0.6) is 0 Å². The number of alkyl carbamates (subject to hydrolysis) is 2. The molecule has 2 aromatic carbocycles. The molecule has 4 unspecified atom stereocenters. The van der Waals surface area contributed by atoms with Crippen LogP contribution in [0, 0.1) is 11.8 Å². The number of methoxy groups -OCH3 is 2. The second-order valence-electron chi connectivity index (χ2n) is 15.2. The third-order valence-corrected chi connectivity index (χ3v) is 10.9. The molecule has 15 nitrogen and oxygen atoms in total. The van der Waals surface area contributed by atoms with Gasteiger partial charge in [-0.2, -0.15) is 0 Å². The van der Waals surface area contributed by atoms with E-state index in [1.807, 2.05) is 69.0 Å². The summed E-state index contributed by atoms with van der Waals surface area (Å²) in [6.07, 6.45) is 3.69. The molecule has 7 rings (SSSR count). The number of pyridine rings is 1. The lowest BCUT2D eigenvalue weighted by molar-refractivity contribution is -0.136. The van der Waals surface area contributed by atoms with Gasteiger partial charge in [0.2, 0.25) is 11.8 Å². The molecule has 3 aromatic heterocycles. The molecule has 0 aliphatic carbocycles. The van der Waals surface area contributed by atoms with Crippen molar-refractivity contribution >= 4 is 45.9 Å². The first-order chi connectivity index (χ1) is 26.9. The minimum absolute atomic E-state index is 0.113. The van der Waals surface area contributed by atoms with Crippen molar-refractivity contribution in [2.24, 2.45) is 11.8 Å². The fraction of sp³-hybridized carbons (Fsp3) is 0.439. The zero-order chi connectivity index (χ0) is 39.7. The number of fused-ring (bicyclic) bond motifs is 2. The van der Waals surface area contributed by atoms with Gasteiger partial charge in [-0.15, -0.1) is 0 Å². The van der Waals surface area contributed by atoms with E-state index in [-0.39, 0.29) is 35.7 Å². The number of H-pyrrole nitrogens is 2. The van der Waals surface area contributed by atoms with Crippen LogP contribution in [0.15, 0.2) is 54.7 Å². The summed E-state index contributed by atoms with van der Waals surface area (Å²) in [5.74, 6) is 0.877. The first kappa shape index (κ1) is 38.3. The van der Waals surface area contributed by atoms with Crippen molar-refractivity contribution in [3.8, 4) is 22.5 Å². The van der Waals surface area contributed by atoms with E-state index in [1.165, 1.54) is 14.2 Å². The number of ether oxygens (including phenoxy) is 2. The second-order valence-corrected chi connectivity index (χ2v) is 15.2. The lowest BCUT2D eigenvalue weighted by Crippen LogP contribution is -2.51. The van der Waals surface area contributed by atoms with Crippen molar-refractivity contribution < 1.29 is 28.7 Å². The van der Waals surface area contributed by atoms with Crippen molar-refractivity contribution in [1.29, 1.82) is 0 Å². The van der Waals surface area contributed by atoms with Crippen molar-refractivity contribution in [1.82, 2.24) is 45.4 Å². The van der Waals surface area contributed by atoms with E-state index in [1.54, 1.807) is 11.1 Å². The van der Waals surface area contributed by atoms with Gasteiger partial charge in [0.15, 0.2) is 0 Å². The monoisotopic (exact) mass is 763 g/mol. The molecule has 0 spiro atoms. The van der Waals surface area contributed by atoms with Gasteiger partial charge in [-0.1, -0.05) is 45.9 Å². The molecule has 0 saturated carbocycles. The van der Waals surface area contributed by atoms with Gasteiger partial charge in [-0.05, 0) is 79.0 Å². The van der Waals surface area contributed by atoms with Crippen LogP contribution in [0.1, 0.15) is 77.1 Å². The van der Waals surface area contributed by atoms with Crippen molar-refractivity contribution in [2.75, 3.05) is 27.3 Å². The van der Waals surface area contributed by atoms with Crippen LogP contribution >= 0.6 is 0 Å². The number of nitrogens with one attached hydrogen (secondary N) is 4. The van der Waals surface area contributed by atoms with E-state index >= 15 is 0 Å². The molecule has 0 bridgehead atoms. The summed E-state index contributed by atoms with van der Waals surface area (Å²) < 4.78 is 9.53. The number of hydrogen-bond donors (Lipinski definition) is 4. The fourth-order valence-corrected chi connectivity index (χ4v) is 7.84. The van der Waals surface area contributed by atoms with Crippen molar-refractivity contribution in [3.63, 3.8) is 0 Å². The number of amides is 4. The Morgan fingerprint density at radius 1 is 0.714 bits per heavy atom. The molecule has 4 amide bonds. The van der Waals surface area contributed by atoms with Crippen LogP contribution in [-0.2, 0) is 19.1 Å². The van der Waals surface area contributed by atoms with Gasteiger partial charge in [-0.3, -0.25) is 9.59 Å². The highest BCUT2D eigenvalue weighted by Gasteiger charge is 2.39. The van der Waals surface area contributed by atoms with Crippen LogP contribution < -0.4 is 10.6 Å². The number of hydrogen-bond acceptors (Lipinski definition) is 9. The van der Waals surface area contributed by atoms with Crippen LogP contribution in [0.3, 0.4) is 0 Å². The van der Waals surface area contributed by atoms with Gasteiger partial charge in [0.25, 0.3) is 0 Å². The summed E-state index contributed by atoms with van der Waals surface area (Å²) >= 11 is 0. The summed E-state index contributed by atoms with van der Waals surface area (Å²) in [5.41, 5.74) is 6.02. The third-order valence-electron chi connectivity index (χ3n) is 10.9. The van der Waals surface area contributed by atoms with Crippen LogP contribution in [0.25, 0.3) is 44.5 Å². The van der Waals surface area contributed by atoms with Gasteiger partial charge in [0.1, 0.15) is 23.7 Å². The maximum atomic E-state index is 13.6. The van der Waals surface area contributed by atoms with Crippen LogP contribution in [-0.4, -0.2) is 98.1 Å². The Morgan fingerprint density at radius 3 is 1.88 bits per heavy atom. The maximum absolute atomic E-state index is 13.6. The lowest BCUT2D eigenvalue weighted by atomic mass is 10.0. The number of carbonyl (C=O) groups excluding carboxylic acids is 4. The summed E-state index contributed by atoms with van der Waals surface area (Å²) in [7, 11) is 2.57. The fourth-order valence-electron chi connectivity index (χ4n) is 7.84. The van der Waals surface area contributed by atoms with Crippen molar-refractivity contribution in [2.45, 2.75) is 77.5 Å². The molecule has 5 aromatic rings. The number of aromatic amines is 2. The number of imidazole rings is 2. The molecule has 2 saturated heterocycles. The molecule has 4 atom stereocenters. The Bertz CT molecular complexity index is 2260. The number of nitrogens with zero attached hydrogens (tertiary/aromatic N) is 5. The SMILES string of the molecule is COC(=O)NC(C(=O)N1CCCC1c1ncc(-c2ccc3cc(-c4ccc5nc(C6CCCN6C(=O)C(NC(=O)OC)C(C)C)[nH]c5c4)ccc3n2)[nH]1)C(C)C.